The molecule has 0 aromatic heterocycles. The van der Waals surface area contributed by atoms with Crippen LogP contribution in [0.5, 0.6) is 0 Å². The van der Waals surface area contributed by atoms with Gasteiger partial charge in [-0.25, -0.2) is 12.8 Å². The molecule has 0 N–H and O–H groups in total. The van der Waals surface area contributed by atoms with Crippen LogP contribution in [-0.4, -0.2) is 38.7 Å². The summed E-state index contributed by atoms with van der Waals surface area (Å²) < 4.78 is 41.5. The molecule has 8 heteroatoms. The predicted octanol–water partition coefficient (Wildman–Crippen LogP) is 2.26. The van der Waals surface area contributed by atoms with Gasteiger partial charge in [-0.1, -0.05) is 30.3 Å². The van der Waals surface area contributed by atoms with Crippen molar-refractivity contribution in [2.24, 2.45) is 0 Å². The van der Waals surface area contributed by atoms with E-state index in [4.69, 9.17) is 4.74 Å². The first-order chi connectivity index (χ1) is 13.3. The summed E-state index contributed by atoms with van der Waals surface area (Å²) >= 11 is 0. The number of hydrogen-bond donors (Lipinski definition) is 0. The van der Waals surface area contributed by atoms with Gasteiger partial charge in [0.05, 0.1) is 18.2 Å². The fraction of sp³-hybridized carbons (Fsp3) is 0.200. The zero-order valence-electron chi connectivity index (χ0n) is 14.8. The Morgan fingerprint density at radius 1 is 1.07 bits per heavy atom. The van der Waals surface area contributed by atoms with Crippen LogP contribution in [-0.2, 0) is 30.6 Å². The molecule has 0 aliphatic carbocycles. The molecule has 0 fully saturated rings. The van der Waals surface area contributed by atoms with Crippen LogP contribution in [0.4, 0.5) is 10.1 Å². The molecule has 6 nitrogen and oxygen atoms in total. The minimum atomic E-state index is -3.37. The molecule has 0 unspecified atom stereocenters. The number of sulfone groups is 1. The van der Waals surface area contributed by atoms with Crippen molar-refractivity contribution in [1.82, 2.24) is 0 Å². The number of halogens is 1. The van der Waals surface area contributed by atoms with Crippen molar-refractivity contribution >= 4 is 27.4 Å². The van der Waals surface area contributed by atoms with Crippen molar-refractivity contribution in [1.29, 1.82) is 0 Å². The molecule has 0 radical (unpaired) electrons. The van der Waals surface area contributed by atoms with Gasteiger partial charge < -0.3 is 9.64 Å². The molecule has 2 aromatic rings. The van der Waals surface area contributed by atoms with E-state index in [1.54, 1.807) is 30.3 Å². The molecule has 1 amide bonds. The van der Waals surface area contributed by atoms with Gasteiger partial charge in [-0.05, 0) is 35.9 Å². The van der Waals surface area contributed by atoms with Crippen molar-refractivity contribution in [3.05, 3.63) is 77.5 Å². The second-order valence-corrected chi connectivity index (χ2v) is 8.22. The number of rotatable bonds is 6. The van der Waals surface area contributed by atoms with E-state index in [-0.39, 0.29) is 12.2 Å². The third-order valence-corrected chi connectivity index (χ3v) is 5.54. The van der Waals surface area contributed by atoms with Crippen LogP contribution in [0.15, 0.2) is 66.1 Å². The fourth-order valence-corrected chi connectivity index (χ4v) is 4.13. The first-order valence-electron chi connectivity index (χ1n) is 8.52. The normalized spacial score (nSPS) is 17.2. The van der Waals surface area contributed by atoms with Gasteiger partial charge in [-0.2, -0.15) is 0 Å². The van der Waals surface area contributed by atoms with Crippen molar-refractivity contribution in [2.45, 2.75) is 12.5 Å². The second-order valence-electron chi connectivity index (χ2n) is 6.29. The molecular weight excluding hydrogens is 385 g/mol. The smallest absolute Gasteiger partial charge is 0.310 e. The van der Waals surface area contributed by atoms with E-state index in [9.17, 15) is 22.4 Å². The summed E-state index contributed by atoms with van der Waals surface area (Å²) in [5.41, 5.74) is 1.07. The Bertz CT molecular complexity index is 987. The highest BCUT2D eigenvalue weighted by molar-refractivity contribution is 7.94. The number of nitrogens with zero attached hydrogens (tertiary/aromatic N) is 1. The lowest BCUT2D eigenvalue weighted by Gasteiger charge is -2.27. The summed E-state index contributed by atoms with van der Waals surface area (Å²) in [6.45, 7) is -0.528. The maximum absolute atomic E-state index is 12.9. The number of carbonyl (C=O) groups excluding carboxylic acids is 2. The highest BCUT2D eigenvalue weighted by Crippen LogP contribution is 2.22. The molecule has 1 heterocycles. The van der Waals surface area contributed by atoms with Crippen LogP contribution < -0.4 is 4.90 Å². The Hall–Kier alpha value is -3.00. The Morgan fingerprint density at radius 3 is 2.36 bits per heavy atom. The molecule has 0 spiro atoms. The maximum Gasteiger partial charge on any atom is 0.310 e. The molecule has 2 aromatic carbocycles. The van der Waals surface area contributed by atoms with Crippen LogP contribution in [0, 0.1) is 5.82 Å². The lowest BCUT2D eigenvalue weighted by Crippen LogP contribution is -2.43. The number of anilines is 1. The van der Waals surface area contributed by atoms with Gasteiger partial charge in [0.2, 0.25) is 0 Å². The number of esters is 1. The van der Waals surface area contributed by atoms with Crippen molar-refractivity contribution in [3.63, 3.8) is 0 Å². The zero-order valence-corrected chi connectivity index (χ0v) is 15.6. The Labute approximate surface area is 162 Å². The van der Waals surface area contributed by atoms with Gasteiger partial charge in [0.15, 0.2) is 16.4 Å². The van der Waals surface area contributed by atoms with Crippen molar-refractivity contribution < 1.29 is 27.1 Å². The molecular formula is C20H18FNO5S. The number of para-hydroxylation sites is 1. The number of benzene rings is 2. The molecule has 1 aliphatic rings. The van der Waals surface area contributed by atoms with Gasteiger partial charge in [0.1, 0.15) is 5.82 Å². The average molecular weight is 403 g/mol. The van der Waals surface area contributed by atoms with Crippen molar-refractivity contribution in [2.75, 3.05) is 17.3 Å². The molecule has 1 atom stereocenters. The molecule has 3 rings (SSSR count). The molecule has 1 aliphatic heterocycles. The minimum Gasteiger partial charge on any atom is -0.455 e. The number of carbonyl (C=O) groups is 2. The van der Waals surface area contributed by atoms with E-state index in [1.807, 2.05) is 0 Å². The third kappa shape index (κ3) is 5.04. The third-order valence-electron chi connectivity index (χ3n) is 4.16. The summed E-state index contributed by atoms with van der Waals surface area (Å²) in [5.74, 6) is -1.81. The van der Waals surface area contributed by atoms with E-state index in [1.165, 1.54) is 35.2 Å². The molecule has 28 heavy (non-hydrogen) atoms. The summed E-state index contributed by atoms with van der Waals surface area (Å²) in [6.07, 6.45) is 1.34. The predicted molar refractivity (Wildman–Crippen MR) is 102 cm³/mol. The van der Waals surface area contributed by atoms with E-state index in [2.05, 4.69) is 0 Å². The van der Waals surface area contributed by atoms with Crippen LogP contribution in [0.3, 0.4) is 0 Å². The zero-order chi connectivity index (χ0) is 20.1. The average Bonchev–Trinajstić information content (AvgIpc) is 3.02. The van der Waals surface area contributed by atoms with Gasteiger partial charge in [-0.15, -0.1) is 0 Å². The summed E-state index contributed by atoms with van der Waals surface area (Å²) in [5, 5.41) is 1.08. The number of amides is 1. The van der Waals surface area contributed by atoms with Gasteiger partial charge >= 0.3 is 5.97 Å². The monoisotopic (exact) mass is 403 g/mol. The van der Waals surface area contributed by atoms with Gasteiger partial charge in [-0.3, -0.25) is 9.59 Å². The minimum absolute atomic E-state index is 0.101. The van der Waals surface area contributed by atoms with Crippen LogP contribution in [0.2, 0.25) is 0 Å². The fourth-order valence-electron chi connectivity index (χ4n) is 2.86. The van der Waals surface area contributed by atoms with Crippen LogP contribution >= 0.6 is 0 Å². The SMILES string of the molecule is O=C(Cc1ccc(F)cc1)OCC(=O)N(c1ccccc1)[C@@H]1C=CS(=O)(=O)C1. The first kappa shape index (κ1) is 19.8. The lowest BCUT2D eigenvalue weighted by atomic mass is 10.1. The first-order valence-corrected chi connectivity index (χ1v) is 10.2. The molecule has 146 valence electrons. The molecule has 0 saturated heterocycles. The van der Waals surface area contributed by atoms with Crippen molar-refractivity contribution in [3.8, 4) is 0 Å². The quantitative estimate of drug-likeness (QED) is 0.691. The Balaban J connectivity index is 1.67. The highest BCUT2D eigenvalue weighted by Gasteiger charge is 2.31. The van der Waals surface area contributed by atoms with Gasteiger partial charge in [0.25, 0.3) is 5.91 Å². The molecule has 0 bridgehead atoms. The van der Waals surface area contributed by atoms with Crippen LogP contribution in [0.1, 0.15) is 5.56 Å². The second kappa shape index (κ2) is 8.35. The summed E-state index contributed by atoms with van der Waals surface area (Å²) in [6, 6.07) is 13.3. The van der Waals surface area contributed by atoms with Gasteiger partial charge in [0, 0.05) is 11.1 Å². The number of ether oxygens (including phenoxy) is 1. The standard InChI is InChI=1S/C20H18FNO5S/c21-16-8-6-15(7-9-16)12-20(24)27-13-19(23)22(17-4-2-1-3-5-17)18-10-11-28(25,26)14-18/h1-11,18H,12-14H2/t18-/m1/s1. The number of hydrogen-bond acceptors (Lipinski definition) is 5. The molecule has 0 saturated carbocycles. The van der Waals surface area contributed by atoms with E-state index in [0.29, 0.717) is 11.3 Å². The topological polar surface area (TPSA) is 80.8 Å². The Kier molecular flexibility index (Phi) is 5.89. The largest absolute Gasteiger partial charge is 0.455 e. The summed E-state index contributed by atoms with van der Waals surface area (Å²) in [4.78, 5) is 26.0. The van der Waals surface area contributed by atoms with Crippen LogP contribution in [0.25, 0.3) is 0 Å². The maximum atomic E-state index is 12.9. The Morgan fingerprint density at radius 2 is 1.75 bits per heavy atom. The summed E-state index contributed by atoms with van der Waals surface area (Å²) in [7, 11) is -3.37. The lowest BCUT2D eigenvalue weighted by molar-refractivity contribution is -0.147. The van der Waals surface area contributed by atoms with E-state index in [0.717, 1.165) is 5.41 Å². The van der Waals surface area contributed by atoms with E-state index >= 15 is 0 Å². The van der Waals surface area contributed by atoms with E-state index < -0.39 is 40.2 Å². The highest BCUT2D eigenvalue weighted by atomic mass is 32.2.